The zero-order valence-electron chi connectivity index (χ0n) is 12.2. The summed E-state index contributed by atoms with van der Waals surface area (Å²) in [6.45, 7) is 6.26. The van der Waals surface area contributed by atoms with Crippen molar-refractivity contribution >= 4 is 29.9 Å². The molecule has 112 valence electrons. The van der Waals surface area contributed by atoms with Gasteiger partial charge in [0.15, 0.2) is 5.96 Å². The second-order valence-electron chi connectivity index (χ2n) is 5.05. The van der Waals surface area contributed by atoms with Crippen molar-refractivity contribution < 1.29 is 4.74 Å². The molecule has 4 nitrogen and oxygen atoms in total. The van der Waals surface area contributed by atoms with Crippen molar-refractivity contribution in [2.45, 2.75) is 32.1 Å². The molecular weight excluding hydrogens is 353 g/mol. The second-order valence-corrected chi connectivity index (χ2v) is 5.05. The van der Waals surface area contributed by atoms with E-state index in [9.17, 15) is 0 Å². The minimum Gasteiger partial charge on any atom is -0.385 e. The van der Waals surface area contributed by atoms with Crippen LogP contribution in [-0.2, 0) is 4.74 Å². The van der Waals surface area contributed by atoms with Crippen LogP contribution in [0.25, 0.3) is 0 Å². The maximum atomic E-state index is 5.24. The van der Waals surface area contributed by atoms with E-state index in [-0.39, 0.29) is 24.0 Å². The Morgan fingerprint density at radius 1 is 1.37 bits per heavy atom. The summed E-state index contributed by atoms with van der Waals surface area (Å²) in [7, 11) is 3.58. The van der Waals surface area contributed by atoms with Crippen molar-refractivity contribution in [1.29, 1.82) is 0 Å². The highest BCUT2D eigenvalue weighted by Gasteiger charge is 2.33. The van der Waals surface area contributed by atoms with Crippen molar-refractivity contribution in [3.8, 4) is 0 Å². The highest BCUT2D eigenvalue weighted by molar-refractivity contribution is 14.0. The van der Waals surface area contributed by atoms with Crippen LogP contribution in [0.15, 0.2) is 17.6 Å². The van der Waals surface area contributed by atoms with Crippen molar-refractivity contribution in [2.75, 3.05) is 33.9 Å². The lowest BCUT2D eigenvalue weighted by Crippen LogP contribution is -2.43. The average Bonchev–Trinajstić information content (AvgIpc) is 2.86. The topological polar surface area (TPSA) is 45.7 Å². The highest BCUT2D eigenvalue weighted by Crippen LogP contribution is 2.40. The van der Waals surface area contributed by atoms with Gasteiger partial charge in [0.05, 0.1) is 0 Å². The van der Waals surface area contributed by atoms with Crippen LogP contribution in [0.5, 0.6) is 0 Å². The van der Waals surface area contributed by atoms with Gasteiger partial charge in [-0.2, -0.15) is 0 Å². The predicted molar refractivity (Wildman–Crippen MR) is 92.4 cm³/mol. The van der Waals surface area contributed by atoms with E-state index < -0.39 is 0 Å². The fourth-order valence-electron chi connectivity index (χ4n) is 2.62. The number of guanidine groups is 1. The Balaban J connectivity index is 0.00000324. The molecule has 1 saturated carbocycles. The Morgan fingerprint density at radius 3 is 2.58 bits per heavy atom. The number of aliphatic imine (C=N–C) groups is 1. The highest BCUT2D eigenvalue weighted by atomic mass is 127. The summed E-state index contributed by atoms with van der Waals surface area (Å²) in [5.74, 6) is 0.860. The first-order valence-electron chi connectivity index (χ1n) is 6.81. The van der Waals surface area contributed by atoms with E-state index in [0.717, 1.165) is 32.1 Å². The second kappa shape index (κ2) is 10.5. The number of methoxy groups -OCH3 is 1. The van der Waals surface area contributed by atoms with Crippen LogP contribution in [0.1, 0.15) is 32.1 Å². The van der Waals surface area contributed by atoms with Crippen LogP contribution in [0.3, 0.4) is 0 Å². The number of rotatable bonds is 7. The lowest BCUT2D eigenvalue weighted by atomic mass is 9.83. The number of ether oxygens (including phenoxy) is 1. The summed E-state index contributed by atoms with van der Waals surface area (Å²) in [5.41, 5.74) is 0.391. The monoisotopic (exact) mass is 381 g/mol. The number of nitrogens with zero attached hydrogens (tertiary/aromatic N) is 1. The maximum absolute atomic E-state index is 5.24. The quantitative estimate of drug-likeness (QED) is 0.308. The van der Waals surface area contributed by atoms with E-state index in [1.165, 1.54) is 25.7 Å². The number of hydrogen-bond donors (Lipinski definition) is 2. The lowest BCUT2D eigenvalue weighted by molar-refractivity contribution is 0.138. The molecule has 0 aromatic heterocycles. The van der Waals surface area contributed by atoms with Gasteiger partial charge < -0.3 is 15.4 Å². The summed E-state index contributed by atoms with van der Waals surface area (Å²) in [6, 6.07) is 0. The molecule has 0 bridgehead atoms. The average molecular weight is 381 g/mol. The van der Waals surface area contributed by atoms with Crippen LogP contribution in [0.4, 0.5) is 0 Å². The smallest absolute Gasteiger partial charge is 0.191 e. The zero-order chi connectivity index (χ0) is 13.3. The first-order valence-corrected chi connectivity index (χ1v) is 6.81. The minimum atomic E-state index is 0. The molecule has 0 heterocycles. The van der Waals surface area contributed by atoms with Crippen LogP contribution >= 0.6 is 24.0 Å². The van der Waals surface area contributed by atoms with Gasteiger partial charge in [-0.15, -0.1) is 30.6 Å². The van der Waals surface area contributed by atoms with Crippen molar-refractivity contribution in [3.63, 3.8) is 0 Å². The molecule has 0 spiro atoms. The summed E-state index contributed by atoms with van der Waals surface area (Å²) < 4.78 is 5.24. The molecule has 0 aromatic rings. The Kier molecular flexibility index (Phi) is 10.3. The van der Waals surface area contributed by atoms with Gasteiger partial charge >= 0.3 is 0 Å². The summed E-state index contributed by atoms with van der Waals surface area (Å²) >= 11 is 0. The van der Waals surface area contributed by atoms with E-state index in [4.69, 9.17) is 4.74 Å². The van der Waals surface area contributed by atoms with E-state index in [0.29, 0.717) is 5.41 Å². The molecule has 0 amide bonds. The molecule has 0 unspecified atom stereocenters. The fraction of sp³-hybridized carbons (Fsp3) is 0.786. The maximum Gasteiger partial charge on any atom is 0.191 e. The van der Waals surface area contributed by atoms with Gasteiger partial charge in [0, 0.05) is 33.9 Å². The van der Waals surface area contributed by atoms with Crippen LogP contribution in [0.2, 0.25) is 0 Å². The standard InChI is InChI=1S/C14H27N3O.HI/c1-4-10-16-13(15-2)17-12-14(9-11-18-3)7-5-6-8-14;/h4H,1,5-12H2,2-3H3,(H2,15,16,17);1H. The first-order chi connectivity index (χ1) is 8.76. The molecule has 19 heavy (non-hydrogen) atoms. The van der Waals surface area contributed by atoms with Gasteiger partial charge in [-0.05, 0) is 24.7 Å². The van der Waals surface area contributed by atoms with Gasteiger partial charge in [-0.1, -0.05) is 18.9 Å². The molecule has 1 fully saturated rings. The molecule has 5 heteroatoms. The van der Waals surface area contributed by atoms with Gasteiger partial charge in [-0.3, -0.25) is 4.99 Å². The predicted octanol–water partition coefficient (Wildman–Crippen LogP) is 2.55. The Hall–Kier alpha value is -0.300. The number of halogens is 1. The molecule has 0 radical (unpaired) electrons. The zero-order valence-corrected chi connectivity index (χ0v) is 14.5. The first kappa shape index (κ1) is 18.7. The number of hydrogen-bond acceptors (Lipinski definition) is 2. The fourth-order valence-corrected chi connectivity index (χ4v) is 2.62. The summed E-state index contributed by atoms with van der Waals surface area (Å²) in [5, 5.41) is 6.64. The van der Waals surface area contributed by atoms with Gasteiger partial charge in [0.25, 0.3) is 0 Å². The van der Waals surface area contributed by atoms with Crippen LogP contribution in [0, 0.1) is 5.41 Å². The summed E-state index contributed by atoms with van der Waals surface area (Å²) in [6.07, 6.45) is 8.23. The lowest BCUT2D eigenvalue weighted by Gasteiger charge is -2.29. The van der Waals surface area contributed by atoms with Gasteiger partial charge in [0.2, 0.25) is 0 Å². The third-order valence-corrected chi connectivity index (χ3v) is 3.77. The molecule has 0 aromatic carbocycles. The normalized spacial score (nSPS) is 17.7. The third kappa shape index (κ3) is 6.61. The van der Waals surface area contributed by atoms with E-state index in [1.807, 2.05) is 6.08 Å². The van der Waals surface area contributed by atoms with Crippen molar-refractivity contribution in [1.82, 2.24) is 10.6 Å². The molecule has 1 aliphatic carbocycles. The van der Waals surface area contributed by atoms with E-state index >= 15 is 0 Å². The van der Waals surface area contributed by atoms with E-state index in [1.54, 1.807) is 14.2 Å². The number of nitrogens with one attached hydrogen (secondary N) is 2. The molecule has 1 rings (SSSR count). The molecule has 0 aliphatic heterocycles. The molecule has 0 saturated heterocycles. The Morgan fingerprint density at radius 2 is 2.05 bits per heavy atom. The van der Waals surface area contributed by atoms with Crippen LogP contribution in [-0.4, -0.2) is 39.8 Å². The van der Waals surface area contributed by atoms with Crippen molar-refractivity contribution in [2.24, 2.45) is 10.4 Å². The minimum absolute atomic E-state index is 0. The Labute approximate surface area is 134 Å². The summed E-state index contributed by atoms with van der Waals surface area (Å²) in [4.78, 5) is 4.21. The molecular formula is C14H28IN3O. The van der Waals surface area contributed by atoms with Crippen LogP contribution < -0.4 is 10.6 Å². The Bertz CT molecular complexity index is 276. The molecule has 0 atom stereocenters. The molecule has 1 aliphatic rings. The SMILES string of the molecule is C=CCNC(=NC)NCC1(CCOC)CCCC1.I. The van der Waals surface area contributed by atoms with Gasteiger partial charge in [0.1, 0.15) is 0 Å². The largest absolute Gasteiger partial charge is 0.385 e. The third-order valence-electron chi connectivity index (χ3n) is 3.77. The van der Waals surface area contributed by atoms with Crippen molar-refractivity contribution in [3.05, 3.63) is 12.7 Å². The van der Waals surface area contributed by atoms with Gasteiger partial charge in [-0.25, -0.2) is 0 Å². The van der Waals surface area contributed by atoms with E-state index in [2.05, 4.69) is 22.2 Å². The molecule has 2 N–H and O–H groups in total.